The molecule has 1 unspecified atom stereocenters. The summed E-state index contributed by atoms with van der Waals surface area (Å²) in [7, 11) is -0.892. The molecule has 0 heterocycles. The first-order chi connectivity index (χ1) is 22.0. The molecule has 0 radical (unpaired) electrons. The average Bonchev–Trinajstić information content (AvgIpc) is 3.08. The molecule has 0 aliphatic heterocycles. The number of ether oxygens (including phenoxy) is 1. The first kappa shape index (κ1) is 37.6. The van der Waals surface area contributed by atoms with Gasteiger partial charge in [0.15, 0.2) is 0 Å². The Morgan fingerprint density at radius 3 is 0.739 bits per heavy atom. The molecule has 0 saturated carbocycles. The minimum absolute atomic E-state index is 0. The molecule has 0 aliphatic rings. The molecule has 6 aromatic carbocycles. The molecular weight excluding hydrogens is 798 g/mol. The Labute approximate surface area is 298 Å². The predicted molar refractivity (Wildman–Crippen MR) is 203 cm³/mol. The molecule has 1 atom stereocenters. The van der Waals surface area contributed by atoms with Crippen LogP contribution in [0.3, 0.4) is 0 Å². The Bertz CT molecular complexity index is 1310. The Morgan fingerprint density at radius 1 is 0.457 bits per heavy atom. The van der Waals surface area contributed by atoms with Crippen molar-refractivity contribution < 1.29 is 25.8 Å². The van der Waals surface area contributed by atoms with Gasteiger partial charge in [-0.1, -0.05) is 189 Å². The van der Waals surface area contributed by atoms with Crippen molar-refractivity contribution >= 4 is 60.3 Å². The van der Waals surface area contributed by atoms with Gasteiger partial charge < -0.3 is 24.3 Å². The van der Waals surface area contributed by atoms with Gasteiger partial charge in [-0.25, -0.2) is 0 Å². The number of rotatable bonds is 8. The van der Waals surface area contributed by atoms with Gasteiger partial charge in [0.2, 0.25) is 0 Å². The number of hydrogen-bond donors (Lipinski definition) is 0. The van der Waals surface area contributed by atoms with Crippen LogP contribution in [0.4, 0.5) is 0 Å². The molecule has 0 aromatic heterocycles. The largest absolute Gasteiger partial charge is 2.00 e. The van der Waals surface area contributed by atoms with E-state index in [1.165, 1.54) is 31.8 Å². The zero-order valence-corrected chi connectivity index (χ0v) is 31.1. The van der Waals surface area contributed by atoms with Crippen LogP contribution in [-0.2, 0) is 38.4 Å². The molecule has 0 amide bonds. The Morgan fingerprint density at radius 2 is 0.630 bits per heavy atom. The van der Waals surface area contributed by atoms with Gasteiger partial charge in [-0.15, -0.1) is 0 Å². The van der Waals surface area contributed by atoms with Crippen molar-refractivity contribution in [2.24, 2.45) is 0 Å². The van der Waals surface area contributed by atoms with Crippen molar-refractivity contribution in [2.75, 3.05) is 6.61 Å². The maximum atomic E-state index is 4.93. The van der Waals surface area contributed by atoms with Crippen LogP contribution in [0.1, 0.15) is 13.8 Å². The topological polar surface area (TPSA) is 9.23 Å². The van der Waals surface area contributed by atoms with Gasteiger partial charge in [0.05, 0.1) is 0 Å². The van der Waals surface area contributed by atoms with Crippen LogP contribution in [0, 0.1) is 6.92 Å². The Balaban J connectivity index is 0.000000205. The SMILES string of the molecule is [CH2-]C(C)([S-])OCC.[Pt+2].c1ccc(P(c2ccccc2)c2ccccc2)cc1.c1ccc(P(c2ccccc2)c2ccccc2)cc1. The molecule has 0 N–H and O–H groups in total. The summed E-state index contributed by atoms with van der Waals surface area (Å²) in [4.78, 5) is -0.616. The van der Waals surface area contributed by atoms with Crippen LogP contribution in [0.15, 0.2) is 182 Å². The van der Waals surface area contributed by atoms with Crippen LogP contribution in [-0.4, -0.2) is 11.5 Å². The molecule has 6 aromatic rings. The van der Waals surface area contributed by atoms with Crippen molar-refractivity contribution in [1.29, 1.82) is 0 Å². The molecule has 0 bridgehead atoms. The van der Waals surface area contributed by atoms with E-state index in [2.05, 4.69) is 189 Å². The molecule has 0 saturated heterocycles. The summed E-state index contributed by atoms with van der Waals surface area (Å²) in [5.41, 5.74) is 0. The van der Waals surface area contributed by atoms with E-state index in [1.54, 1.807) is 6.92 Å². The third kappa shape index (κ3) is 12.4. The second kappa shape index (κ2) is 20.4. The van der Waals surface area contributed by atoms with Gasteiger partial charge in [-0.3, -0.25) is 0 Å². The Hall–Kier alpha value is -2.82. The molecule has 1 nitrogen and oxygen atoms in total. The van der Waals surface area contributed by atoms with E-state index >= 15 is 0 Å². The van der Waals surface area contributed by atoms with Crippen LogP contribution < -0.4 is 31.8 Å². The molecule has 6 rings (SSSR count). The molecule has 5 heteroatoms. The normalized spacial score (nSPS) is 11.6. The van der Waals surface area contributed by atoms with Gasteiger partial charge in [0, 0.05) is 6.61 Å². The van der Waals surface area contributed by atoms with Crippen molar-refractivity contribution in [1.82, 2.24) is 0 Å². The molecule has 0 spiro atoms. The third-order valence-electron chi connectivity index (χ3n) is 6.54. The van der Waals surface area contributed by atoms with E-state index in [0.717, 1.165) is 0 Å². The minimum atomic E-state index is -0.616. The first-order valence-electron chi connectivity index (χ1n) is 15.1. The summed E-state index contributed by atoms with van der Waals surface area (Å²) < 4.78 is 4.93. The summed E-state index contributed by atoms with van der Waals surface area (Å²) in [6, 6.07) is 64.7. The summed E-state index contributed by atoms with van der Waals surface area (Å²) in [5.74, 6) is 0. The van der Waals surface area contributed by atoms with Gasteiger partial charge in [-0.05, 0) is 54.6 Å². The summed E-state index contributed by atoms with van der Waals surface area (Å²) in [6.45, 7) is 7.85. The fourth-order valence-electron chi connectivity index (χ4n) is 4.66. The monoisotopic (exact) mass is 837 g/mol. The van der Waals surface area contributed by atoms with Crippen molar-refractivity contribution in [2.45, 2.75) is 18.8 Å². The van der Waals surface area contributed by atoms with Crippen LogP contribution in [0.2, 0.25) is 0 Å². The summed E-state index contributed by atoms with van der Waals surface area (Å²) in [5, 5.41) is 8.39. The third-order valence-corrected chi connectivity index (χ3v) is 11.5. The number of benzene rings is 6. The smallest absolute Gasteiger partial charge is 0.792 e. The van der Waals surface area contributed by atoms with Gasteiger partial charge in [0.1, 0.15) is 0 Å². The summed E-state index contributed by atoms with van der Waals surface area (Å²) >= 11 is 4.75. The van der Waals surface area contributed by atoms with Gasteiger partial charge in [-0.2, -0.15) is 4.93 Å². The fourth-order valence-corrected chi connectivity index (χ4v) is 9.39. The Kier molecular flexibility index (Phi) is 16.7. The molecule has 236 valence electrons. The van der Waals surface area contributed by atoms with Crippen molar-refractivity contribution in [3.63, 3.8) is 0 Å². The average molecular weight is 838 g/mol. The standard InChI is InChI=1S/2C18H15P.C5H11OS.Pt/c2*1-4-10-16(11-5-1)19(17-12-6-2-7-13-17)18-14-8-3-9-15-18;1-4-6-5(2,3)7;/h2*1-15H;7H,2,4H2,1,3H3;/q;;-1;+2/p-1. The first-order valence-corrected chi connectivity index (χ1v) is 18.2. The van der Waals surface area contributed by atoms with E-state index in [4.69, 9.17) is 17.4 Å². The number of hydrogen-bond acceptors (Lipinski definition) is 2. The fraction of sp³-hybridized carbons (Fsp3) is 0.0976. The van der Waals surface area contributed by atoms with Crippen molar-refractivity contribution in [3.05, 3.63) is 189 Å². The molecule has 0 fully saturated rings. The van der Waals surface area contributed by atoms with E-state index in [-0.39, 0.29) is 21.1 Å². The second-order valence-electron chi connectivity index (χ2n) is 10.3. The molecule has 0 aliphatic carbocycles. The molecular formula is C41H40OP2PtS. The zero-order valence-electron chi connectivity index (χ0n) is 26.3. The second-order valence-corrected chi connectivity index (χ2v) is 15.6. The predicted octanol–water partition coefficient (Wildman–Crippen LogP) is 8.01. The van der Waals surface area contributed by atoms with Crippen LogP contribution in [0.5, 0.6) is 0 Å². The minimum Gasteiger partial charge on any atom is -0.792 e. The maximum Gasteiger partial charge on any atom is 2.00 e. The van der Waals surface area contributed by atoms with Gasteiger partial charge in [0.25, 0.3) is 0 Å². The zero-order chi connectivity index (χ0) is 31.7. The maximum absolute atomic E-state index is 4.93. The van der Waals surface area contributed by atoms with Crippen molar-refractivity contribution in [3.8, 4) is 0 Å². The molecule has 46 heavy (non-hydrogen) atoms. The summed E-state index contributed by atoms with van der Waals surface area (Å²) in [6.07, 6.45) is 0. The van der Waals surface area contributed by atoms with Crippen LogP contribution >= 0.6 is 15.8 Å². The quantitative estimate of drug-likeness (QED) is 0.0874. The van der Waals surface area contributed by atoms with E-state index in [9.17, 15) is 0 Å². The van der Waals surface area contributed by atoms with E-state index < -0.39 is 20.8 Å². The van der Waals surface area contributed by atoms with Gasteiger partial charge >= 0.3 is 21.1 Å². The van der Waals surface area contributed by atoms with E-state index in [0.29, 0.717) is 6.61 Å². The van der Waals surface area contributed by atoms with Crippen LogP contribution in [0.25, 0.3) is 0 Å². The van der Waals surface area contributed by atoms with E-state index in [1.807, 2.05) is 6.92 Å².